The molecule has 2 heterocycles. The first kappa shape index (κ1) is 21.4. The van der Waals surface area contributed by atoms with Crippen LogP contribution in [0.5, 0.6) is 0 Å². The summed E-state index contributed by atoms with van der Waals surface area (Å²) in [6, 6.07) is 10.9. The van der Waals surface area contributed by atoms with E-state index in [1.807, 2.05) is 0 Å². The number of halogens is 2. The molecule has 0 spiro atoms. The fourth-order valence-corrected chi connectivity index (χ4v) is 5.11. The first-order chi connectivity index (χ1) is 14.8. The minimum Gasteiger partial charge on any atom is -0.348 e. The molecule has 0 saturated carbocycles. The van der Waals surface area contributed by atoms with Gasteiger partial charge < -0.3 is 10.3 Å². The van der Waals surface area contributed by atoms with Crippen molar-refractivity contribution in [2.24, 2.45) is 0 Å². The zero-order valence-electron chi connectivity index (χ0n) is 16.6. The van der Waals surface area contributed by atoms with Gasteiger partial charge in [0, 0.05) is 25.2 Å². The first-order valence-corrected chi connectivity index (χ1v) is 11.4. The molecule has 1 aliphatic heterocycles. The van der Waals surface area contributed by atoms with Crippen LogP contribution in [0.2, 0.25) is 0 Å². The summed E-state index contributed by atoms with van der Waals surface area (Å²) in [5.74, 6) is -0.813. The molecule has 1 aromatic heterocycles. The molecule has 1 aliphatic rings. The van der Waals surface area contributed by atoms with Gasteiger partial charge in [0.15, 0.2) is 5.82 Å². The molecule has 0 unspecified atom stereocenters. The van der Waals surface area contributed by atoms with Crippen LogP contribution in [0.15, 0.2) is 47.4 Å². The molecule has 0 radical (unpaired) electrons. The lowest BCUT2D eigenvalue weighted by Gasteiger charge is -2.25. The van der Waals surface area contributed by atoms with Crippen LogP contribution in [0.3, 0.4) is 0 Å². The largest absolute Gasteiger partial charge is 0.348 e. The van der Waals surface area contributed by atoms with E-state index in [9.17, 15) is 22.0 Å². The van der Waals surface area contributed by atoms with Gasteiger partial charge in [-0.1, -0.05) is 18.6 Å². The van der Waals surface area contributed by atoms with Crippen molar-refractivity contribution in [1.82, 2.24) is 19.6 Å². The van der Waals surface area contributed by atoms with Crippen molar-refractivity contribution in [2.75, 3.05) is 13.1 Å². The fraction of sp³-hybridized carbons (Fsp3) is 0.333. The second kappa shape index (κ2) is 8.72. The van der Waals surface area contributed by atoms with Crippen LogP contribution in [0.4, 0.5) is 8.78 Å². The molecular formula is C21H22F2N4O3S. The Kier molecular flexibility index (Phi) is 6.01. The summed E-state index contributed by atoms with van der Waals surface area (Å²) in [6.07, 6.45) is 0.0750. The summed E-state index contributed by atoms with van der Waals surface area (Å²) in [7, 11) is -3.49. The van der Waals surface area contributed by atoms with E-state index < -0.39 is 22.3 Å². The Hall–Kier alpha value is -2.85. The van der Waals surface area contributed by atoms with Gasteiger partial charge in [0.05, 0.1) is 15.9 Å². The minimum absolute atomic E-state index is 0.201. The normalized spacial score (nSPS) is 15.5. The molecule has 0 aliphatic carbocycles. The number of hydrogen-bond donors (Lipinski definition) is 2. The molecule has 3 aromatic rings. The minimum atomic E-state index is -3.49. The zero-order valence-corrected chi connectivity index (χ0v) is 17.5. The number of amides is 1. The number of fused-ring (bicyclic) bond motifs is 1. The van der Waals surface area contributed by atoms with E-state index in [0.29, 0.717) is 29.7 Å². The molecular weight excluding hydrogens is 426 g/mol. The number of aromatic amines is 1. The fourth-order valence-electron chi connectivity index (χ4n) is 3.59. The number of imidazole rings is 1. The van der Waals surface area contributed by atoms with Crippen molar-refractivity contribution in [3.8, 4) is 0 Å². The van der Waals surface area contributed by atoms with Crippen LogP contribution in [0, 0.1) is 0 Å². The van der Waals surface area contributed by atoms with E-state index in [2.05, 4.69) is 15.3 Å². The van der Waals surface area contributed by atoms with Crippen molar-refractivity contribution in [3.05, 3.63) is 59.4 Å². The number of carbonyl (C=O) groups is 1. The van der Waals surface area contributed by atoms with E-state index >= 15 is 0 Å². The van der Waals surface area contributed by atoms with Crippen LogP contribution in [-0.2, 0) is 16.6 Å². The van der Waals surface area contributed by atoms with Gasteiger partial charge in [-0.2, -0.15) is 4.31 Å². The first-order valence-electron chi connectivity index (χ1n) is 10.00. The summed E-state index contributed by atoms with van der Waals surface area (Å²) < 4.78 is 52.5. The Balaban J connectivity index is 1.41. The van der Waals surface area contributed by atoms with Gasteiger partial charge in [-0.3, -0.25) is 4.79 Å². The number of nitrogens with zero attached hydrogens (tertiary/aromatic N) is 2. The number of sulfonamides is 1. The van der Waals surface area contributed by atoms with E-state index in [0.717, 1.165) is 24.8 Å². The highest BCUT2D eigenvalue weighted by Gasteiger charge is 2.25. The number of hydrogen-bond acceptors (Lipinski definition) is 4. The van der Waals surface area contributed by atoms with Crippen molar-refractivity contribution < 1.29 is 22.0 Å². The Morgan fingerprint density at radius 2 is 1.81 bits per heavy atom. The Bertz CT molecular complexity index is 1190. The van der Waals surface area contributed by atoms with E-state index in [1.54, 1.807) is 24.3 Å². The average molecular weight is 448 g/mol. The topological polar surface area (TPSA) is 95.2 Å². The highest BCUT2D eigenvalue weighted by atomic mass is 32.2. The summed E-state index contributed by atoms with van der Waals surface area (Å²) in [5, 5.41) is 2.75. The van der Waals surface area contributed by atoms with Crippen LogP contribution in [0.1, 0.15) is 47.4 Å². The third kappa shape index (κ3) is 4.59. The molecule has 2 N–H and O–H groups in total. The van der Waals surface area contributed by atoms with Gasteiger partial charge in [0.1, 0.15) is 0 Å². The molecule has 2 aromatic carbocycles. The molecule has 10 heteroatoms. The van der Waals surface area contributed by atoms with Crippen LogP contribution < -0.4 is 5.32 Å². The standard InChI is InChI=1S/C21H22F2N4O3S/c22-19(23)20-25-17-9-6-15(12-18(17)26-20)21(28)24-13-14-4-7-16(8-5-14)31(29,30)27-10-2-1-3-11-27/h4-9,12,19H,1-3,10-11,13H2,(H,24,28)(H,25,26). The highest BCUT2D eigenvalue weighted by Crippen LogP contribution is 2.22. The van der Waals surface area contributed by atoms with Crippen molar-refractivity contribution >= 4 is 27.0 Å². The molecule has 31 heavy (non-hydrogen) atoms. The smallest absolute Gasteiger partial charge is 0.295 e. The van der Waals surface area contributed by atoms with E-state index in [1.165, 1.54) is 22.5 Å². The van der Waals surface area contributed by atoms with Gasteiger partial charge in [-0.25, -0.2) is 22.2 Å². The van der Waals surface area contributed by atoms with Gasteiger partial charge in [-0.15, -0.1) is 0 Å². The maximum Gasteiger partial charge on any atom is 0.295 e. The second-order valence-corrected chi connectivity index (χ2v) is 9.38. The zero-order chi connectivity index (χ0) is 22.0. The number of nitrogens with one attached hydrogen (secondary N) is 2. The number of benzene rings is 2. The van der Waals surface area contributed by atoms with Gasteiger partial charge in [0.2, 0.25) is 10.0 Å². The van der Waals surface area contributed by atoms with Crippen molar-refractivity contribution in [3.63, 3.8) is 0 Å². The van der Waals surface area contributed by atoms with Crippen LogP contribution in [-0.4, -0.2) is 41.7 Å². The van der Waals surface area contributed by atoms with Gasteiger partial charge in [0.25, 0.3) is 12.3 Å². The molecule has 0 atom stereocenters. The third-order valence-corrected chi connectivity index (χ3v) is 7.21. The van der Waals surface area contributed by atoms with Crippen LogP contribution >= 0.6 is 0 Å². The Morgan fingerprint density at radius 1 is 1.10 bits per heavy atom. The third-order valence-electron chi connectivity index (χ3n) is 5.30. The number of aromatic nitrogens is 2. The number of alkyl halides is 2. The molecule has 7 nitrogen and oxygen atoms in total. The quantitative estimate of drug-likeness (QED) is 0.602. The van der Waals surface area contributed by atoms with E-state index in [-0.39, 0.29) is 17.3 Å². The lowest BCUT2D eigenvalue weighted by atomic mass is 10.1. The van der Waals surface area contributed by atoms with Crippen molar-refractivity contribution in [2.45, 2.75) is 37.1 Å². The summed E-state index contributed by atoms with van der Waals surface area (Å²) in [5.41, 5.74) is 1.77. The van der Waals surface area contributed by atoms with Crippen LogP contribution in [0.25, 0.3) is 11.0 Å². The highest BCUT2D eigenvalue weighted by molar-refractivity contribution is 7.89. The Morgan fingerprint density at radius 3 is 2.48 bits per heavy atom. The second-order valence-electron chi connectivity index (χ2n) is 7.45. The number of piperidine rings is 1. The number of rotatable bonds is 6. The molecule has 1 saturated heterocycles. The van der Waals surface area contributed by atoms with Gasteiger partial charge in [-0.05, 0) is 48.7 Å². The predicted molar refractivity (Wildman–Crippen MR) is 111 cm³/mol. The molecule has 1 amide bonds. The SMILES string of the molecule is O=C(NCc1ccc(S(=O)(=O)N2CCCCC2)cc1)c1ccc2nc(C(F)F)[nH]c2c1. The van der Waals surface area contributed by atoms with Crippen molar-refractivity contribution in [1.29, 1.82) is 0 Å². The van der Waals surface area contributed by atoms with Gasteiger partial charge >= 0.3 is 0 Å². The monoisotopic (exact) mass is 448 g/mol. The lowest BCUT2D eigenvalue weighted by Crippen LogP contribution is -2.35. The molecule has 164 valence electrons. The summed E-state index contributed by atoms with van der Waals surface area (Å²) in [6.45, 7) is 1.28. The number of carbonyl (C=O) groups excluding carboxylic acids is 1. The molecule has 1 fully saturated rings. The molecule has 0 bridgehead atoms. The summed E-state index contributed by atoms with van der Waals surface area (Å²) in [4.78, 5) is 19.0. The maximum absolute atomic E-state index is 12.8. The molecule has 4 rings (SSSR count). The average Bonchev–Trinajstić information content (AvgIpc) is 3.22. The lowest BCUT2D eigenvalue weighted by molar-refractivity contribution is 0.0951. The summed E-state index contributed by atoms with van der Waals surface area (Å²) >= 11 is 0. The Labute approximate surface area is 178 Å². The van der Waals surface area contributed by atoms with E-state index in [4.69, 9.17) is 0 Å². The predicted octanol–water partition coefficient (Wildman–Crippen LogP) is 3.61. The maximum atomic E-state index is 12.8. The number of H-pyrrole nitrogens is 1.